The van der Waals surface area contributed by atoms with Crippen LogP contribution in [0.4, 0.5) is 4.39 Å². The first-order chi connectivity index (χ1) is 15.5. The summed E-state index contributed by atoms with van der Waals surface area (Å²) in [6.45, 7) is 4.40. The van der Waals surface area contributed by atoms with Crippen LogP contribution in [0.1, 0.15) is 44.9 Å². The smallest absolute Gasteiger partial charge is 0.270 e. The summed E-state index contributed by atoms with van der Waals surface area (Å²) in [5, 5.41) is 5.30. The molecule has 2 amide bonds. The van der Waals surface area contributed by atoms with Crippen molar-refractivity contribution in [1.82, 2.24) is 19.8 Å². The fourth-order valence-corrected chi connectivity index (χ4v) is 4.00. The molecular weight excluding hydrogens is 431 g/mol. The molecule has 2 aromatic heterocycles. The Morgan fingerprint density at radius 1 is 1.25 bits per heavy atom. The number of carbonyl (C=O) groups is 2. The molecule has 2 heterocycles. The topological polar surface area (TPSA) is 76.5 Å². The highest BCUT2D eigenvalue weighted by Gasteiger charge is 2.18. The summed E-state index contributed by atoms with van der Waals surface area (Å²) >= 11 is 1.42. The van der Waals surface area contributed by atoms with E-state index in [9.17, 15) is 14.0 Å². The minimum Gasteiger partial charge on any atom is -0.383 e. The zero-order valence-corrected chi connectivity index (χ0v) is 19.0. The number of aromatic nitrogens is 2. The van der Waals surface area contributed by atoms with Crippen LogP contribution in [0.5, 0.6) is 0 Å². The summed E-state index contributed by atoms with van der Waals surface area (Å²) < 4.78 is 20.2. The standard InChI is InChI=1S/C23H27FN4O3S/c1-3-11-28(23(30)17-6-8-18(24)9-7-17)14-19-5-4-12-27(19)15-21-26-20(16-32-21)22(29)25-10-13-31-2/h4-9,12,16H,3,10-11,13-15H2,1-2H3,(H,25,29). The van der Waals surface area contributed by atoms with Gasteiger partial charge in [-0.25, -0.2) is 9.37 Å². The molecule has 32 heavy (non-hydrogen) atoms. The molecular formula is C23H27FN4O3S. The Balaban J connectivity index is 1.68. The predicted octanol–water partition coefficient (Wildman–Crippen LogP) is 3.56. The predicted molar refractivity (Wildman–Crippen MR) is 121 cm³/mol. The Morgan fingerprint density at radius 3 is 2.75 bits per heavy atom. The van der Waals surface area contributed by atoms with Gasteiger partial charge in [0.1, 0.15) is 16.5 Å². The molecule has 0 spiro atoms. The first-order valence-corrected chi connectivity index (χ1v) is 11.3. The monoisotopic (exact) mass is 458 g/mol. The van der Waals surface area contributed by atoms with Crippen molar-refractivity contribution < 1.29 is 18.7 Å². The molecule has 1 aromatic carbocycles. The van der Waals surface area contributed by atoms with Gasteiger partial charge in [0.05, 0.1) is 19.7 Å². The van der Waals surface area contributed by atoms with E-state index in [0.29, 0.717) is 44.0 Å². The molecule has 0 fully saturated rings. The number of thiazole rings is 1. The Hall–Kier alpha value is -3.04. The van der Waals surface area contributed by atoms with Crippen LogP contribution >= 0.6 is 11.3 Å². The second-order valence-corrected chi connectivity index (χ2v) is 8.18. The van der Waals surface area contributed by atoms with E-state index in [4.69, 9.17) is 4.74 Å². The lowest BCUT2D eigenvalue weighted by Crippen LogP contribution is -2.32. The average molecular weight is 459 g/mol. The van der Waals surface area contributed by atoms with Gasteiger partial charge in [-0.15, -0.1) is 11.3 Å². The van der Waals surface area contributed by atoms with Gasteiger partial charge in [0.15, 0.2) is 0 Å². The van der Waals surface area contributed by atoms with E-state index in [1.165, 1.54) is 35.6 Å². The molecule has 7 nitrogen and oxygen atoms in total. The minimum absolute atomic E-state index is 0.135. The highest BCUT2D eigenvalue weighted by molar-refractivity contribution is 7.09. The maximum Gasteiger partial charge on any atom is 0.270 e. The van der Waals surface area contributed by atoms with Gasteiger partial charge in [-0.05, 0) is 42.8 Å². The van der Waals surface area contributed by atoms with Crippen molar-refractivity contribution in [3.8, 4) is 0 Å². The second kappa shape index (κ2) is 11.5. The van der Waals surface area contributed by atoms with E-state index in [-0.39, 0.29) is 17.6 Å². The van der Waals surface area contributed by atoms with Crippen molar-refractivity contribution in [2.75, 3.05) is 26.8 Å². The van der Waals surface area contributed by atoms with E-state index < -0.39 is 0 Å². The molecule has 0 aliphatic carbocycles. The molecule has 0 atom stereocenters. The number of halogens is 1. The van der Waals surface area contributed by atoms with Crippen LogP contribution in [0.2, 0.25) is 0 Å². The van der Waals surface area contributed by atoms with Crippen LogP contribution in [0.15, 0.2) is 48.0 Å². The number of ether oxygens (including phenoxy) is 1. The molecule has 0 aliphatic rings. The number of hydrogen-bond acceptors (Lipinski definition) is 5. The number of hydrogen-bond donors (Lipinski definition) is 1. The Morgan fingerprint density at radius 2 is 2.03 bits per heavy atom. The maximum atomic E-state index is 13.2. The summed E-state index contributed by atoms with van der Waals surface area (Å²) in [7, 11) is 1.58. The summed E-state index contributed by atoms with van der Waals surface area (Å²) in [6.07, 6.45) is 2.74. The van der Waals surface area contributed by atoms with Crippen molar-refractivity contribution in [3.05, 3.63) is 75.8 Å². The number of nitrogens with zero attached hydrogens (tertiary/aromatic N) is 3. The van der Waals surface area contributed by atoms with E-state index in [1.54, 1.807) is 17.4 Å². The van der Waals surface area contributed by atoms with Crippen LogP contribution in [0, 0.1) is 5.82 Å². The van der Waals surface area contributed by atoms with Crippen LogP contribution in [0.3, 0.4) is 0 Å². The summed E-state index contributed by atoms with van der Waals surface area (Å²) in [6, 6.07) is 9.50. The number of methoxy groups -OCH3 is 1. The molecule has 3 aromatic rings. The van der Waals surface area contributed by atoms with Crippen LogP contribution in [-0.4, -0.2) is 53.1 Å². The Kier molecular flexibility index (Phi) is 8.52. The van der Waals surface area contributed by atoms with Gasteiger partial charge < -0.3 is 19.5 Å². The fraction of sp³-hybridized carbons (Fsp3) is 0.348. The fourth-order valence-electron chi connectivity index (χ4n) is 3.23. The van der Waals surface area contributed by atoms with Crippen LogP contribution in [0.25, 0.3) is 0 Å². The summed E-state index contributed by atoms with van der Waals surface area (Å²) in [5.41, 5.74) is 1.80. The largest absolute Gasteiger partial charge is 0.383 e. The molecule has 3 rings (SSSR count). The van der Waals surface area contributed by atoms with Gasteiger partial charge >= 0.3 is 0 Å². The zero-order chi connectivity index (χ0) is 22.9. The van der Waals surface area contributed by atoms with Gasteiger partial charge in [0.2, 0.25) is 0 Å². The molecule has 0 unspecified atom stereocenters. The third-order valence-corrected chi connectivity index (χ3v) is 5.66. The Labute approximate surface area is 190 Å². The number of amides is 2. The minimum atomic E-state index is -0.368. The van der Waals surface area contributed by atoms with Gasteiger partial charge in [-0.2, -0.15) is 0 Å². The van der Waals surface area contributed by atoms with Crippen molar-refractivity contribution in [1.29, 1.82) is 0 Å². The van der Waals surface area contributed by atoms with E-state index in [2.05, 4.69) is 10.3 Å². The van der Waals surface area contributed by atoms with Gasteiger partial charge in [0, 0.05) is 43.0 Å². The lowest BCUT2D eigenvalue weighted by Gasteiger charge is -2.23. The number of nitrogens with one attached hydrogen (secondary N) is 1. The molecule has 0 bridgehead atoms. The summed E-state index contributed by atoms with van der Waals surface area (Å²) in [5.74, 6) is -0.729. The summed E-state index contributed by atoms with van der Waals surface area (Å²) in [4.78, 5) is 31.3. The molecule has 0 saturated heterocycles. The van der Waals surface area contributed by atoms with Crippen LogP contribution in [-0.2, 0) is 17.8 Å². The SMILES string of the molecule is CCCN(Cc1cccn1Cc1nc(C(=O)NCCOC)cs1)C(=O)c1ccc(F)cc1. The highest BCUT2D eigenvalue weighted by Crippen LogP contribution is 2.16. The van der Waals surface area contributed by atoms with Gasteiger partial charge in [0.25, 0.3) is 11.8 Å². The third kappa shape index (κ3) is 6.24. The molecule has 170 valence electrons. The second-order valence-electron chi connectivity index (χ2n) is 7.24. The van der Waals surface area contributed by atoms with Crippen molar-refractivity contribution in [2.45, 2.75) is 26.4 Å². The molecule has 0 aliphatic heterocycles. The third-order valence-electron chi connectivity index (χ3n) is 4.83. The number of carbonyl (C=O) groups excluding carboxylic acids is 2. The quantitative estimate of drug-likeness (QED) is 0.446. The zero-order valence-electron chi connectivity index (χ0n) is 18.2. The van der Waals surface area contributed by atoms with Gasteiger partial charge in [-0.1, -0.05) is 6.92 Å². The van der Waals surface area contributed by atoms with Crippen molar-refractivity contribution >= 4 is 23.2 Å². The molecule has 9 heteroatoms. The van der Waals surface area contributed by atoms with E-state index in [1.807, 2.05) is 29.8 Å². The first kappa shape index (κ1) is 23.6. The van der Waals surface area contributed by atoms with Crippen molar-refractivity contribution in [3.63, 3.8) is 0 Å². The van der Waals surface area contributed by atoms with E-state index in [0.717, 1.165) is 17.1 Å². The molecule has 1 N–H and O–H groups in total. The van der Waals surface area contributed by atoms with Crippen LogP contribution < -0.4 is 5.32 Å². The number of rotatable bonds is 11. The number of benzene rings is 1. The van der Waals surface area contributed by atoms with Gasteiger partial charge in [-0.3, -0.25) is 9.59 Å². The van der Waals surface area contributed by atoms with E-state index >= 15 is 0 Å². The highest BCUT2D eigenvalue weighted by atomic mass is 32.1. The maximum absolute atomic E-state index is 13.2. The first-order valence-electron chi connectivity index (χ1n) is 10.4. The molecule has 0 radical (unpaired) electrons. The normalized spacial score (nSPS) is 10.8. The Bertz CT molecular complexity index is 1030. The average Bonchev–Trinajstić information content (AvgIpc) is 3.44. The van der Waals surface area contributed by atoms with Crippen molar-refractivity contribution in [2.24, 2.45) is 0 Å². The lowest BCUT2D eigenvalue weighted by atomic mass is 10.2. The lowest BCUT2D eigenvalue weighted by molar-refractivity contribution is 0.0739. The molecule has 0 saturated carbocycles.